The van der Waals surface area contributed by atoms with E-state index in [4.69, 9.17) is 4.74 Å². The zero-order valence-corrected chi connectivity index (χ0v) is 13.8. The topological polar surface area (TPSA) is 46.6 Å². The molecule has 0 radical (unpaired) electrons. The van der Waals surface area contributed by atoms with Crippen LogP contribution in [0.4, 0.5) is 0 Å². The van der Waals surface area contributed by atoms with Gasteiger partial charge in [0.15, 0.2) is 0 Å². The Morgan fingerprint density at radius 2 is 2.20 bits per heavy atom. The van der Waals surface area contributed by atoms with Gasteiger partial charge < -0.3 is 9.64 Å². The summed E-state index contributed by atoms with van der Waals surface area (Å²) in [5, 5.41) is 0. The molecule has 1 saturated heterocycles. The second-order valence-corrected chi connectivity index (χ2v) is 6.31. The van der Waals surface area contributed by atoms with Crippen LogP contribution in [0.1, 0.15) is 37.0 Å². The number of halogens is 1. The molecule has 1 aromatic rings. The number of hydrogen-bond acceptors (Lipinski definition) is 3. The fourth-order valence-electron chi connectivity index (χ4n) is 2.56. The lowest BCUT2D eigenvalue weighted by atomic mass is 9.98. The first-order valence-corrected chi connectivity index (χ1v) is 7.81. The van der Waals surface area contributed by atoms with Gasteiger partial charge in [-0.1, -0.05) is 6.07 Å². The van der Waals surface area contributed by atoms with Crippen LogP contribution in [0.3, 0.4) is 0 Å². The number of likely N-dealkylation sites (tertiary alicyclic amines) is 1. The van der Waals surface area contributed by atoms with Crippen molar-refractivity contribution in [3.8, 4) is 0 Å². The van der Waals surface area contributed by atoms with Gasteiger partial charge in [-0.3, -0.25) is 4.79 Å². The first kappa shape index (κ1) is 15.3. The smallest absolute Gasteiger partial charge is 0.331 e. The van der Waals surface area contributed by atoms with Crippen molar-refractivity contribution in [1.82, 2.24) is 4.90 Å². The molecule has 0 N–H and O–H groups in total. The summed E-state index contributed by atoms with van der Waals surface area (Å²) in [6.07, 6.45) is 1.48. The highest BCUT2D eigenvalue weighted by Crippen LogP contribution is 2.32. The van der Waals surface area contributed by atoms with E-state index in [1.54, 1.807) is 24.8 Å². The first-order valence-electron chi connectivity index (χ1n) is 6.74. The highest BCUT2D eigenvalue weighted by atomic mass is 127. The average molecular weight is 387 g/mol. The van der Waals surface area contributed by atoms with Gasteiger partial charge in [-0.2, -0.15) is 0 Å². The Balaban J connectivity index is 2.26. The molecular formula is C15H18INO3. The molecule has 1 aliphatic heterocycles. The quantitative estimate of drug-likeness (QED) is 0.592. The maximum absolute atomic E-state index is 12.6. The van der Waals surface area contributed by atoms with Crippen LogP contribution in [0.5, 0.6) is 0 Å². The van der Waals surface area contributed by atoms with Gasteiger partial charge in [0.05, 0.1) is 6.61 Å². The van der Waals surface area contributed by atoms with Crippen molar-refractivity contribution in [2.45, 2.75) is 32.2 Å². The SMILES string of the molecule is CCOC(=O)[C@@]1(C)CCCN1C(=O)c1cccc(I)c1. The van der Waals surface area contributed by atoms with E-state index in [0.717, 1.165) is 9.99 Å². The number of benzene rings is 1. The Bertz CT molecular complexity index is 532. The summed E-state index contributed by atoms with van der Waals surface area (Å²) in [6.45, 7) is 4.50. The minimum Gasteiger partial charge on any atom is -0.464 e. The third-order valence-corrected chi connectivity index (χ3v) is 4.34. The molecule has 0 unspecified atom stereocenters. The van der Waals surface area contributed by atoms with Gasteiger partial charge in [0.25, 0.3) is 5.91 Å². The Kier molecular flexibility index (Phi) is 4.67. The van der Waals surface area contributed by atoms with E-state index in [9.17, 15) is 9.59 Å². The molecule has 1 aliphatic rings. The molecule has 0 saturated carbocycles. The molecular weight excluding hydrogens is 369 g/mol. The van der Waals surface area contributed by atoms with E-state index >= 15 is 0 Å². The molecule has 108 valence electrons. The zero-order chi connectivity index (χ0) is 14.8. The molecule has 1 heterocycles. The molecule has 0 bridgehead atoms. The molecule has 4 nitrogen and oxygen atoms in total. The predicted molar refractivity (Wildman–Crippen MR) is 84.5 cm³/mol. The lowest BCUT2D eigenvalue weighted by Crippen LogP contribution is -2.51. The van der Waals surface area contributed by atoms with Crippen molar-refractivity contribution in [3.63, 3.8) is 0 Å². The van der Waals surface area contributed by atoms with Crippen molar-refractivity contribution in [2.75, 3.05) is 13.2 Å². The second-order valence-electron chi connectivity index (χ2n) is 5.07. The van der Waals surface area contributed by atoms with Crippen LogP contribution < -0.4 is 0 Å². The number of hydrogen-bond donors (Lipinski definition) is 0. The van der Waals surface area contributed by atoms with Crippen LogP contribution in [0.15, 0.2) is 24.3 Å². The summed E-state index contributed by atoms with van der Waals surface area (Å²) in [4.78, 5) is 26.5. The Morgan fingerprint density at radius 1 is 1.45 bits per heavy atom. The van der Waals surface area contributed by atoms with Crippen LogP contribution in [0.2, 0.25) is 0 Å². The number of ether oxygens (including phenoxy) is 1. The van der Waals surface area contributed by atoms with Crippen LogP contribution in [0, 0.1) is 3.57 Å². The maximum atomic E-state index is 12.6. The lowest BCUT2D eigenvalue weighted by molar-refractivity contribution is -0.153. The molecule has 0 aliphatic carbocycles. The van der Waals surface area contributed by atoms with E-state index in [1.165, 1.54) is 0 Å². The summed E-state index contributed by atoms with van der Waals surface area (Å²) >= 11 is 2.18. The van der Waals surface area contributed by atoms with Crippen LogP contribution in [-0.4, -0.2) is 35.5 Å². The van der Waals surface area contributed by atoms with Crippen LogP contribution in [-0.2, 0) is 9.53 Å². The van der Waals surface area contributed by atoms with Crippen molar-refractivity contribution in [2.24, 2.45) is 0 Å². The zero-order valence-electron chi connectivity index (χ0n) is 11.7. The molecule has 2 rings (SSSR count). The van der Waals surface area contributed by atoms with Crippen LogP contribution in [0.25, 0.3) is 0 Å². The molecule has 20 heavy (non-hydrogen) atoms. The van der Waals surface area contributed by atoms with Crippen molar-refractivity contribution < 1.29 is 14.3 Å². The van der Waals surface area contributed by atoms with Gasteiger partial charge in [0.1, 0.15) is 5.54 Å². The second kappa shape index (κ2) is 6.11. The number of rotatable bonds is 3. The summed E-state index contributed by atoms with van der Waals surface area (Å²) in [6, 6.07) is 7.42. The summed E-state index contributed by atoms with van der Waals surface area (Å²) in [5.41, 5.74) is -0.219. The van der Waals surface area contributed by atoms with Crippen molar-refractivity contribution in [1.29, 1.82) is 0 Å². The maximum Gasteiger partial charge on any atom is 0.331 e. The normalized spacial score (nSPS) is 21.9. The Labute approximate surface area is 132 Å². The first-order chi connectivity index (χ1) is 9.49. The van der Waals surface area contributed by atoms with E-state index in [1.807, 2.05) is 18.2 Å². The summed E-state index contributed by atoms with van der Waals surface area (Å²) in [7, 11) is 0. The molecule has 1 amide bonds. The number of esters is 1. The average Bonchev–Trinajstić information content (AvgIpc) is 2.81. The fraction of sp³-hybridized carbons (Fsp3) is 0.467. The number of carbonyl (C=O) groups is 2. The van der Waals surface area contributed by atoms with Crippen molar-refractivity contribution >= 4 is 34.5 Å². The van der Waals surface area contributed by atoms with Crippen LogP contribution >= 0.6 is 22.6 Å². The molecule has 0 aromatic heterocycles. The third kappa shape index (κ3) is 2.82. The van der Waals surface area contributed by atoms with E-state index in [-0.39, 0.29) is 11.9 Å². The minimum absolute atomic E-state index is 0.100. The van der Waals surface area contributed by atoms with Crippen molar-refractivity contribution in [3.05, 3.63) is 33.4 Å². The summed E-state index contributed by atoms with van der Waals surface area (Å²) in [5.74, 6) is -0.409. The monoisotopic (exact) mass is 387 g/mol. The molecule has 1 aromatic carbocycles. The highest BCUT2D eigenvalue weighted by Gasteiger charge is 2.47. The van der Waals surface area contributed by atoms with Gasteiger partial charge in [-0.05, 0) is 67.5 Å². The Morgan fingerprint density at radius 3 is 2.85 bits per heavy atom. The van der Waals surface area contributed by atoms with Gasteiger partial charge in [-0.15, -0.1) is 0 Å². The van der Waals surface area contributed by atoms with Gasteiger partial charge in [-0.25, -0.2) is 4.79 Å². The van der Waals surface area contributed by atoms with Gasteiger partial charge in [0, 0.05) is 15.7 Å². The highest BCUT2D eigenvalue weighted by molar-refractivity contribution is 14.1. The predicted octanol–water partition coefficient (Wildman–Crippen LogP) is 2.85. The van der Waals surface area contributed by atoms with E-state index in [2.05, 4.69) is 22.6 Å². The van der Waals surface area contributed by atoms with Gasteiger partial charge in [0.2, 0.25) is 0 Å². The van der Waals surface area contributed by atoms with E-state index < -0.39 is 5.54 Å². The molecule has 1 atom stereocenters. The number of nitrogens with zero attached hydrogens (tertiary/aromatic N) is 1. The Hall–Kier alpha value is -1.11. The minimum atomic E-state index is -0.839. The standard InChI is InChI=1S/C15H18INO3/c1-3-20-14(19)15(2)8-5-9-17(15)13(18)11-6-4-7-12(16)10-11/h4,6-7,10H,3,5,8-9H2,1-2H3/t15-/m1/s1. The van der Waals surface area contributed by atoms with E-state index in [0.29, 0.717) is 25.1 Å². The molecule has 0 spiro atoms. The molecule has 5 heteroatoms. The largest absolute Gasteiger partial charge is 0.464 e. The number of carbonyl (C=O) groups excluding carboxylic acids is 2. The van der Waals surface area contributed by atoms with Gasteiger partial charge >= 0.3 is 5.97 Å². The number of amides is 1. The molecule has 1 fully saturated rings. The fourth-order valence-corrected chi connectivity index (χ4v) is 3.11. The summed E-state index contributed by atoms with van der Waals surface area (Å²) < 4.78 is 6.14. The lowest BCUT2D eigenvalue weighted by Gasteiger charge is -2.33. The third-order valence-electron chi connectivity index (χ3n) is 3.67.